The molecule has 2 saturated heterocycles. The summed E-state index contributed by atoms with van der Waals surface area (Å²) >= 11 is 3.99. The number of hydrogen-bond donors (Lipinski definition) is 2. The molecule has 1 unspecified atom stereocenters. The van der Waals surface area contributed by atoms with Crippen molar-refractivity contribution in [2.45, 2.75) is 41.1 Å². The number of benzene rings is 2. The minimum absolute atomic E-state index is 0.0354. The molecule has 5 rings (SSSR count). The summed E-state index contributed by atoms with van der Waals surface area (Å²) in [5.41, 5.74) is 1.25. The molecule has 2 amide bonds. The molecule has 4 atom stereocenters. The van der Waals surface area contributed by atoms with Crippen molar-refractivity contribution >= 4 is 58.8 Å². The van der Waals surface area contributed by atoms with Crippen LogP contribution in [0.4, 0.5) is 5.69 Å². The van der Waals surface area contributed by atoms with E-state index in [-0.39, 0.29) is 22.5 Å². The molecule has 0 radical (unpaired) electrons. The van der Waals surface area contributed by atoms with E-state index in [1.807, 2.05) is 18.2 Å². The molecule has 210 valence electrons. The highest BCUT2D eigenvalue weighted by atomic mass is 32.2. The van der Waals surface area contributed by atoms with Crippen LogP contribution in [0.3, 0.4) is 0 Å². The fourth-order valence-electron chi connectivity index (χ4n) is 5.08. The van der Waals surface area contributed by atoms with Gasteiger partial charge in [0.2, 0.25) is 5.91 Å². The number of nitro benzene ring substituents is 1. The first-order chi connectivity index (χ1) is 19.2. The second-order valence-corrected chi connectivity index (χ2v) is 13.9. The van der Waals surface area contributed by atoms with Crippen LogP contribution in [-0.2, 0) is 15.3 Å². The normalized spacial score (nSPS) is 24.6. The maximum atomic E-state index is 13.3. The largest absolute Gasteiger partial charge is 0.477 e. The Bertz CT molecular complexity index is 1370. The van der Waals surface area contributed by atoms with Crippen LogP contribution in [0, 0.1) is 16.0 Å². The number of likely N-dealkylation sites (tertiary alicyclic amines) is 1. The van der Waals surface area contributed by atoms with Gasteiger partial charge in [-0.15, -0.1) is 23.5 Å². The van der Waals surface area contributed by atoms with Crippen molar-refractivity contribution in [2.75, 3.05) is 13.1 Å². The molecule has 2 aromatic rings. The van der Waals surface area contributed by atoms with Gasteiger partial charge in [0.1, 0.15) is 5.92 Å². The monoisotopic (exact) mass is 601 g/mol. The van der Waals surface area contributed by atoms with Gasteiger partial charge in [0, 0.05) is 41.8 Å². The Labute approximate surface area is 243 Å². The third-order valence-electron chi connectivity index (χ3n) is 7.17. The number of nitro groups is 1. The van der Waals surface area contributed by atoms with E-state index in [9.17, 15) is 34.7 Å². The SMILES string of the molecule is CC[C@H](O)[C@@H]1C(=O)N2C(C(=O)O)=C(SC3CCN(C(=O)c4ccccc4)C3)S[C@]12SCc1ccc([N+](=O)[O-])cc1. The number of carbonyl (C=O) groups excluding carboxylic acids is 2. The second-order valence-electron chi connectivity index (χ2n) is 9.66. The molecule has 0 aliphatic carbocycles. The van der Waals surface area contributed by atoms with E-state index in [1.54, 1.807) is 36.1 Å². The Morgan fingerprint density at radius 1 is 1.20 bits per heavy atom. The molecule has 0 saturated carbocycles. The summed E-state index contributed by atoms with van der Waals surface area (Å²) in [5, 5.41) is 31.9. The molecular weight excluding hydrogens is 575 g/mol. The first-order valence-corrected chi connectivity index (χ1v) is 15.4. The lowest BCUT2D eigenvalue weighted by molar-refractivity contribution is -0.384. The van der Waals surface area contributed by atoms with Crippen molar-refractivity contribution in [2.24, 2.45) is 5.92 Å². The van der Waals surface area contributed by atoms with Crippen LogP contribution in [0.2, 0.25) is 0 Å². The summed E-state index contributed by atoms with van der Waals surface area (Å²) in [6.07, 6.45) is 0.0535. The van der Waals surface area contributed by atoms with Gasteiger partial charge >= 0.3 is 5.97 Å². The quantitative estimate of drug-likeness (QED) is 0.229. The molecule has 40 heavy (non-hydrogen) atoms. The summed E-state index contributed by atoms with van der Waals surface area (Å²) in [6.45, 7) is 2.77. The Balaban J connectivity index is 1.36. The van der Waals surface area contributed by atoms with E-state index in [0.29, 0.717) is 41.5 Å². The van der Waals surface area contributed by atoms with Crippen molar-refractivity contribution in [1.82, 2.24) is 9.80 Å². The summed E-state index contributed by atoms with van der Waals surface area (Å²) in [6, 6.07) is 15.1. The second kappa shape index (κ2) is 11.5. The molecule has 2 aromatic carbocycles. The standard InChI is InChI=1S/C27H27N3O7S3/c1-2-20(31)21-24(33)29-22(25(34)35)26(39-19-12-13-28(14-19)23(32)17-6-4-3-5-7-17)40-27(21,29)38-15-16-8-10-18(11-9-16)30(36)37/h3-11,19-21,31H,2,12-15H2,1H3,(H,34,35)/t19?,20-,21+,27+/m0/s1. The van der Waals surface area contributed by atoms with Crippen molar-refractivity contribution in [3.05, 3.63) is 85.8 Å². The van der Waals surface area contributed by atoms with Crippen LogP contribution in [0.15, 0.2) is 64.5 Å². The highest BCUT2D eigenvalue weighted by molar-refractivity contribution is 8.29. The van der Waals surface area contributed by atoms with Crippen molar-refractivity contribution < 1.29 is 29.5 Å². The molecule has 2 fully saturated rings. The average Bonchev–Trinajstić information content (AvgIpc) is 3.53. The topological polar surface area (TPSA) is 141 Å². The van der Waals surface area contributed by atoms with Gasteiger partial charge in [-0.1, -0.05) is 49.0 Å². The first-order valence-electron chi connectivity index (χ1n) is 12.7. The molecular formula is C27H27N3O7S3. The molecule has 0 aromatic heterocycles. The number of rotatable bonds is 10. The zero-order valence-electron chi connectivity index (χ0n) is 21.5. The molecule has 0 spiro atoms. The number of aliphatic carboxylic acids is 1. The van der Waals surface area contributed by atoms with Gasteiger partial charge in [0.25, 0.3) is 11.6 Å². The number of hydrogen-bond acceptors (Lipinski definition) is 9. The Morgan fingerprint density at radius 2 is 1.90 bits per heavy atom. The third-order valence-corrected chi connectivity index (χ3v) is 11.9. The fraction of sp³-hybridized carbons (Fsp3) is 0.370. The molecule has 13 heteroatoms. The van der Waals surface area contributed by atoms with E-state index >= 15 is 0 Å². The zero-order chi connectivity index (χ0) is 28.6. The molecule has 3 aliphatic rings. The molecule has 3 aliphatic heterocycles. The number of carboxylic acid groups (broad SMARTS) is 1. The molecule has 3 heterocycles. The van der Waals surface area contributed by atoms with E-state index in [0.717, 1.165) is 5.56 Å². The van der Waals surface area contributed by atoms with Gasteiger partial charge < -0.3 is 15.1 Å². The summed E-state index contributed by atoms with van der Waals surface area (Å²) in [5.74, 6) is -2.18. The molecule has 0 bridgehead atoms. The van der Waals surface area contributed by atoms with Gasteiger partial charge in [-0.3, -0.25) is 24.6 Å². The number of β-lactam (4-membered cyclic amide) rings is 1. The number of aliphatic hydroxyl groups excluding tert-OH is 1. The van der Waals surface area contributed by atoms with E-state index < -0.39 is 33.0 Å². The lowest BCUT2D eigenvalue weighted by atomic mass is 9.89. The smallest absolute Gasteiger partial charge is 0.354 e. The summed E-state index contributed by atoms with van der Waals surface area (Å²) in [4.78, 5) is 52.3. The number of aliphatic hydroxyl groups is 1. The minimum atomic E-state index is -1.22. The summed E-state index contributed by atoms with van der Waals surface area (Å²) < 4.78 is -0.565. The van der Waals surface area contributed by atoms with Crippen LogP contribution >= 0.6 is 35.3 Å². The van der Waals surface area contributed by atoms with E-state index in [1.165, 1.54) is 52.3 Å². The third kappa shape index (κ3) is 5.11. The number of nitrogens with zero attached hydrogens (tertiary/aromatic N) is 3. The fourth-order valence-corrected chi connectivity index (χ4v) is 10.5. The van der Waals surface area contributed by atoms with Crippen molar-refractivity contribution in [1.29, 1.82) is 0 Å². The Kier molecular flexibility index (Phi) is 8.18. The average molecular weight is 602 g/mol. The number of fused-ring (bicyclic) bond motifs is 1. The number of thioether (sulfide) groups is 3. The van der Waals surface area contributed by atoms with E-state index in [2.05, 4.69) is 0 Å². The predicted molar refractivity (Wildman–Crippen MR) is 154 cm³/mol. The van der Waals surface area contributed by atoms with Crippen molar-refractivity contribution in [3.8, 4) is 0 Å². The van der Waals surface area contributed by atoms with Gasteiger partial charge in [-0.2, -0.15) is 0 Å². The van der Waals surface area contributed by atoms with Crippen LogP contribution in [0.25, 0.3) is 0 Å². The van der Waals surface area contributed by atoms with Gasteiger partial charge in [-0.25, -0.2) is 4.79 Å². The maximum absolute atomic E-state index is 13.3. The highest BCUT2D eigenvalue weighted by Crippen LogP contribution is 2.67. The molecule has 10 nitrogen and oxygen atoms in total. The number of carbonyl (C=O) groups is 3. The molecule has 2 N–H and O–H groups in total. The lowest BCUT2D eigenvalue weighted by Crippen LogP contribution is -2.68. The minimum Gasteiger partial charge on any atom is -0.477 e. The Hall–Kier alpha value is -3.00. The van der Waals surface area contributed by atoms with E-state index in [4.69, 9.17) is 0 Å². The van der Waals surface area contributed by atoms with Crippen LogP contribution < -0.4 is 0 Å². The Morgan fingerprint density at radius 3 is 2.52 bits per heavy atom. The lowest BCUT2D eigenvalue weighted by Gasteiger charge is -2.53. The zero-order valence-corrected chi connectivity index (χ0v) is 23.9. The predicted octanol–water partition coefficient (Wildman–Crippen LogP) is 4.36. The first kappa shape index (κ1) is 28.5. The maximum Gasteiger partial charge on any atom is 0.354 e. The van der Waals surface area contributed by atoms with Crippen LogP contribution in [-0.4, -0.2) is 71.4 Å². The number of amides is 2. The van der Waals surface area contributed by atoms with Gasteiger partial charge in [-0.05, 0) is 30.5 Å². The van der Waals surface area contributed by atoms with Crippen LogP contribution in [0.5, 0.6) is 0 Å². The number of non-ortho nitro benzene ring substituents is 1. The summed E-state index contributed by atoms with van der Waals surface area (Å²) in [7, 11) is 0. The van der Waals surface area contributed by atoms with Gasteiger partial charge in [0.15, 0.2) is 9.90 Å². The van der Waals surface area contributed by atoms with Gasteiger partial charge in [0.05, 0.1) is 15.3 Å². The number of carboxylic acids is 1. The highest BCUT2D eigenvalue weighted by Gasteiger charge is 2.69. The van der Waals surface area contributed by atoms with Crippen molar-refractivity contribution in [3.63, 3.8) is 0 Å². The van der Waals surface area contributed by atoms with Crippen LogP contribution in [0.1, 0.15) is 35.7 Å².